The highest BCUT2D eigenvalue weighted by Crippen LogP contribution is 2.29. The molecule has 0 bridgehead atoms. The van der Waals surface area contributed by atoms with Gasteiger partial charge in [-0.05, 0) is 0 Å². The molecule has 1 unspecified atom stereocenters. The Bertz CT molecular complexity index is 222. The van der Waals surface area contributed by atoms with Crippen LogP contribution in [0.2, 0.25) is 0 Å². The Kier molecular flexibility index (Phi) is 1.83. The molecule has 0 saturated heterocycles. The van der Waals surface area contributed by atoms with Crippen molar-refractivity contribution in [2.75, 3.05) is 0 Å². The van der Waals surface area contributed by atoms with Gasteiger partial charge in [0.05, 0.1) is 0 Å². The third-order valence-corrected chi connectivity index (χ3v) is 1.50. The Labute approximate surface area is 65.0 Å². The van der Waals surface area contributed by atoms with Crippen molar-refractivity contribution in [3.8, 4) is 0 Å². The van der Waals surface area contributed by atoms with Crippen molar-refractivity contribution >= 4 is 17.4 Å². The van der Waals surface area contributed by atoms with Gasteiger partial charge in [0, 0.05) is 6.20 Å². The van der Waals surface area contributed by atoms with Crippen molar-refractivity contribution in [1.29, 1.82) is 0 Å². The Morgan fingerprint density at radius 2 is 2.09 bits per heavy atom. The van der Waals surface area contributed by atoms with Crippen LogP contribution < -0.4 is 5.32 Å². The molecule has 1 heterocycles. The van der Waals surface area contributed by atoms with Crippen molar-refractivity contribution in [3.05, 3.63) is 11.8 Å². The fourth-order valence-corrected chi connectivity index (χ4v) is 0.842. The molecule has 0 aliphatic carbocycles. The molecule has 1 aliphatic heterocycles. The van der Waals surface area contributed by atoms with Crippen LogP contribution in [0.25, 0.3) is 0 Å². The highest BCUT2D eigenvalue weighted by atomic mass is 35.5. The monoisotopic (exact) mass is 185 g/mol. The van der Waals surface area contributed by atoms with Gasteiger partial charge in [-0.2, -0.15) is 13.2 Å². The maximum absolute atomic E-state index is 11.8. The van der Waals surface area contributed by atoms with Crippen LogP contribution in [0.5, 0.6) is 0 Å². The van der Waals surface area contributed by atoms with Crippen LogP contribution in [0.15, 0.2) is 11.8 Å². The largest absolute Gasteiger partial charge is 0.421 e. The van der Waals surface area contributed by atoms with Gasteiger partial charge in [-0.15, -0.1) is 0 Å². The summed E-state index contributed by atoms with van der Waals surface area (Å²) in [6, 6.07) is 0. The molecule has 0 spiro atoms. The average molecular weight is 186 g/mol. The molecule has 0 aromatic carbocycles. The number of nitrogens with one attached hydrogen (secondary N) is 1. The summed E-state index contributed by atoms with van der Waals surface area (Å²) >= 11 is 5.15. The zero-order valence-corrected chi connectivity index (χ0v) is 5.83. The number of Topliss-reactive ketones (excluding diaryl/α,β-unsaturated/α-hetero) is 1. The van der Waals surface area contributed by atoms with Crippen molar-refractivity contribution in [3.63, 3.8) is 0 Å². The molecule has 2 nitrogen and oxygen atoms in total. The quantitative estimate of drug-likeness (QED) is 0.453. The normalized spacial score (nSPS) is 24.9. The SMILES string of the molecule is O=C1C(C(F)(F)F)=CNC1Cl. The molecule has 0 amide bonds. The van der Waals surface area contributed by atoms with Gasteiger partial charge in [-0.25, -0.2) is 0 Å². The summed E-state index contributed by atoms with van der Waals surface area (Å²) in [4.78, 5) is 10.6. The van der Waals surface area contributed by atoms with E-state index in [-0.39, 0.29) is 0 Å². The number of carbonyl (C=O) groups is 1. The highest BCUT2D eigenvalue weighted by molar-refractivity contribution is 6.34. The summed E-state index contributed by atoms with van der Waals surface area (Å²) in [7, 11) is 0. The Morgan fingerprint density at radius 1 is 1.55 bits per heavy atom. The maximum Gasteiger partial charge on any atom is 0.421 e. The van der Waals surface area contributed by atoms with Crippen LogP contribution >= 0.6 is 11.6 Å². The summed E-state index contributed by atoms with van der Waals surface area (Å²) in [5, 5.41) is 2.06. The van der Waals surface area contributed by atoms with E-state index >= 15 is 0 Å². The topological polar surface area (TPSA) is 29.1 Å². The zero-order chi connectivity index (χ0) is 8.65. The van der Waals surface area contributed by atoms with E-state index in [1.165, 1.54) is 0 Å². The second-order valence-electron chi connectivity index (χ2n) is 1.95. The molecule has 0 saturated carbocycles. The predicted octanol–water partition coefficient (Wildman–Crippen LogP) is 1.17. The smallest absolute Gasteiger partial charge is 0.368 e. The van der Waals surface area contributed by atoms with Crippen LogP contribution in [0.3, 0.4) is 0 Å². The lowest BCUT2D eigenvalue weighted by Crippen LogP contribution is -2.24. The molecule has 1 atom stereocenters. The average Bonchev–Trinajstić information content (AvgIpc) is 2.11. The fourth-order valence-electron chi connectivity index (χ4n) is 0.661. The van der Waals surface area contributed by atoms with E-state index in [9.17, 15) is 18.0 Å². The molecule has 1 N–H and O–H groups in total. The Balaban J connectivity index is 2.85. The molecule has 0 aromatic rings. The molecule has 62 valence electrons. The highest BCUT2D eigenvalue weighted by Gasteiger charge is 2.43. The fraction of sp³-hybridized carbons (Fsp3) is 0.400. The first-order valence-corrected chi connectivity index (χ1v) is 3.08. The van der Waals surface area contributed by atoms with Gasteiger partial charge in [0.1, 0.15) is 5.57 Å². The summed E-state index contributed by atoms with van der Waals surface area (Å²) in [6.07, 6.45) is -4.02. The van der Waals surface area contributed by atoms with Crippen molar-refractivity contribution in [1.82, 2.24) is 5.32 Å². The first-order chi connectivity index (χ1) is 4.93. The van der Waals surface area contributed by atoms with Crippen LogP contribution in [0.1, 0.15) is 0 Å². The first kappa shape index (κ1) is 8.39. The molecule has 11 heavy (non-hydrogen) atoms. The van der Waals surface area contributed by atoms with Crippen molar-refractivity contribution < 1.29 is 18.0 Å². The van der Waals surface area contributed by atoms with E-state index in [1.807, 2.05) is 0 Å². The molecule has 0 radical (unpaired) electrons. The molecule has 6 heteroatoms. The first-order valence-electron chi connectivity index (χ1n) is 2.64. The van der Waals surface area contributed by atoms with Gasteiger partial charge in [-0.3, -0.25) is 4.79 Å². The summed E-state index contributed by atoms with van der Waals surface area (Å²) in [5.41, 5.74) is -2.50. The lowest BCUT2D eigenvalue weighted by molar-refractivity contribution is -0.127. The van der Waals surface area contributed by atoms with Gasteiger partial charge in [-0.1, -0.05) is 11.6 Å². The minimum Gasteiger partial charge on any atom is -0.368 e. The molecule has 0 aromatic heterocycles. The lowest BCUT2D eigenvalue weighted by atomic mass is 10.2. The minimum absolute atomic E-state index is 0.583. The van der Waals surface area contributed by atoms with E-state index in [0.717, 1.165) is 0 Å². The number of hydrogen-bond acceptors (Lipinski definition) is 2. The van der Waals surface area contributed by atoms with E-state index in [2.05, 4.69) is 5.32 Å². The van der Waals surface area contributed by atoms with E-state index in [0.29, 0.717) is 6.20 Å². The van der Waals surface area contributed by atoms with Crippen LogP contribution in [-0.2, 0) is 4.79 Å². The van der Waals surface area contributed by atoms with Gasteiger partial charge in [0.25, 0.3) is 0 Å². The van der Waals surface area contributed by atoms with E-state index in [4.69, 9.17) is 11.6 Å². The number of carbonyl (C=O) groups excluding carboxylic acids is 1. The Morgan fingerprint density at radius 3 is 2.27 bits per heavy atom. The number of hydrogen-bond donors (Lipinski definition) is 1. The standard InChI is InChI=1S/C5H3ClF3NO/c6-4-3(11)2(1-10-4)5(7,8)9/h1,4,10H. The van der Waals surface area contributed by atoms with Crippen molar-refractivity contribution in [2.24, 2.45) is 0 Å². The number of alkyl halides is 4. The summed E-state index contributed by atoms with van der Waals surface area (Å²) in [6.45, 7) is 0. The Hall–Kier alpha value is -0.710. The lowest BCUT2D eigenvalue weighted by Gasteiger charge is -2.04. The molecule has 1 aliphatic rings. The summed E-state index contributed by atoms with van der Waals surface area (Å²) < 4.78 is 35.4. The second kappa shape index (κ2) is 2.41. The number of rotatable bonds is 0. The van der Waals surface area contributed by atoms with Crippen LogP contribution in [-0.4, -0.2) is 17.5 Å². The maximum atomic E-state index is 11.8. The number of halogens is 4. The second-order valence-corrected chi connectivity index (χ2v) is 2.39. The molecule has 0 fully saturated rings. The van der Waals surface area contributed by atoms with Crippen LogP contribution in [0, 0.1) is 0 Å². The molecular weight excluding hydrogens is 183 g/mol. The third kappa shape index (κ3) is 1.48. The van der Waals surface area contributed by atoms with E-state index in [1.54, 1.807) is 0 Å². The molecular formula is C5H3ClF3NO. The van der Waals surface area contributed by atoms with Crippen LogP contribution in [0.4, 0.5) is 13.2 Å². The number of ketones is 1. The minimum atomic E-state index is -4.60. The van der Waals surface area contributed by atoms with Gasteiger partial charge >= 0.3 is 6.18 Å². The van der Waals surface area contributed by atoms with Gasteiger partial charge in [0.2, 0.25) is 5.78 Å². The zero-order valence-electron chi connectivity index (χ0n) is 5.07. The summed E-state index contributed by atoms with van der Waals surface area (Å²) in [5.74, 6) is -1.13. The third-order valence-electron chi connectivity index (χ3n) is 1.18. The molecule has 1 rings (SSSR count). The van der Waals surface area contributed by atoms with E-state index < -0.39 is 23.0 Å². The van der Waals surface area contributed by atoms with Gasteiger partial charge in [0.15, 0.2) is 5.50 Å². The van der Waals surface area contributed by atoms with Gasteiger partial charge < -0.3 is 5.32 Å². The predicted molar refractivity (Wildman–Crippen MR) is 31.9 cm³/mol. The van der Waals surface area contributed by atoms with Crippen molar-refractivity contribution in [2.45, 2.75) is 11.7 Å².